The fourth-order valence-electron chi connectivity index (χ4n) is 4.35. The number of nitrogens with zero attached hydrogens (tertiary/aromatic N) is 2. The van der Waals surface area contributed by atoms with E-state index in [1.165, 1.54) is 25.7 Å². The lowest BCUT2D eigenvalue weighted by atomic mass is 9.96. The van der Waals surface area contributed by atoms with Gasteiger partial charge in [0.2, 0.25) is 11.8 Å². The van der Waals surface area contributed by atoms with Crippen LogP contribution in [0.15, 0.2) is 0 Å². The molecule has 0 aromatic heterocycles. The zero-order chi connectivity index (χ0) is 14.4. The molecule has 0 bridgehead atoms. The van der Waals surface area contributed by atoms with E-state index in [9.17, 15) is 9.59 Å². The molecule has 0 radical (unpaired) electrons. The van der Waals surface area contributed by atoms with Crippen LogP contribution in [0.2, 0.25) is 0 Å². The van der Waals surface area contributed by atoms with Gasteiger partial charge in [0.1, 0.15) is 6.04 Å². The summed E-state index contributed by atoms with van der Waals surface area (Å²) < 4.78 is 0. The first-order valence-electron chi connectivity index (χ1n) is 8.82. The Kier molecular flexibility index (Phi) is 3.43. The van der Waals surface area contributed by atoms with E-state index in [1.54, 1.807) is 0 Å². The number of hydrogen-bond acceptors (Lipinski definition) is 2. The molecule has 2 aliphatic heterocycles. The van der Waals surface area contributed by atoms with Gasteiger partial charge < -0.3 is 9.80 Å². The summed E-state index contributed by atoms with van der Waals surface area (Å²) in [5, 5.41) is 0. The molecule has 0 spiro atoms. The molecule has 4 heteroatoms. The first-order valence-corrected chi connectivity index (χ1v) is 8.82. The van der Waals surface area contributed by atoms with Crippen LogP contribution >= 0.6 is 0 Å². The van der Waals surface area contributed by atoms with Gasteiger partial charge in [0, 0.05) is 26.1 Å². The molecule has 1 atom stereocenters. The summed E-state index contributed by atoms with van der Waals surface area (Å²) in [4.78, 5) is 29.1. The molecule has 4 nitrogen and oxygen atoms in total. The summed E-state index contributed by atoms with van der Waals surface area (Å²) in [5.41, 5.74) is 0. The van der Waals surface area contributed by atoms with Crippen molar-refractivity contribution in [2.24, 2.45) is 17.8 Å². The summed E-state index contributed by atoms with van der Waals surface area (Å²) in [6.07, 6.45) is 8.98. The molecule has 2 aliphatic carbocycles. The van der Waals surface area contributed by atoms with Crippen LogP contribution in [0, 0.1) is 17.8 Å². The zero-order valence-corrected chi connectivity index (χ0v) is 12.8. The molecular formula is C17H26N2O2. The van der Waals surface area contributed by atoms with Crippen molar-refractivity contribution in [3.8, 4) is 0 Å². The van der Waals surface area contributed by atoms with Gasteiger partial charge in [0.05, 0.1) is 0 Å². The average molecular weight is 290 g/mol. The van der Waals surface area contributed by atoms with Crippen LogP contribution in [0.5, 0.6) is 0 Å². The van der Waals surface area contributed by atoms with Crippen LogP contribution in [0.4, 0.5) is 0 Å². The van der Waals surface area contributed by atoms with E-state index in [1.807, 2.05) is 4.90 Å². The molecule has 4 fully saturated rings. The van der Waals surface area contributed by atoms with E-state index < -0.39 is 0 Å². The van der Waals surface area contributed by atoms with Crippen LogP contribution in [0.1, 0.15) is 51.4 Å². The van der Waals surface area contributed by atoms with Crippen molar-refractivity contribution in [3.63, 3.8) is 0 Å². The Morgan fingerprint density at radius 1 is 0.952 bits per heavy atom. The van der Waals surface area contributed by atoms with Crippen molar-refractivity contribution in [2.45, 2.75) is 57.4 Å². The van der Waals surface area contributed by atoms with Crippen molar-refractivity contribution < 1.29 is 9.59 Å². The molecule has 2 amide bonds. The molecule has 1 unspecified atom stereocenters. The molecule has 116 valence electrons. The van der Waals surface area contributed by atoms with Gasteiger partial charge in [0.15, 0.2) is 0 Å². The van der Waals surface area contributed by atoms with Gasteiger partial charge in [-0.15, -0.1) is 0 Å². The highest BCUT2D eigenvalue weighted by molar-refractivity contribution is 5.90. The highest BCUT2D eigenvalue weighted by Gasteiger charge is 2.44. The lowest BCUT2D eigenvalue weighted by molar-refractivity contribution is -0.143. The molecule has 21 heavy (non-hydrogen) atoms. The molecule has 4 rings (SSSR count). The van der Waals surface area contributed by atoms with Crippen LogP contribution in [0.25, 0.3) is 0 Å². The summed E-state index contributed by atoms with van der Waals surface area (Å²) in [6.45, 7) is 2.37. The molecular weight excluding hydrogens is 264 g/mol. The van der Waals surface area contributed by atoms with Gasteiger partial charge in [-0.25, -0.2) is 0 Å². The number of carbonyl (C=O) groups is 2. The second kappa shape index (κ2) is 5.29. The standard InChI is InChI=1S/C17H26N2O2/c20-16-8-10-18(11-14(12-4-5-12)13-6-7-13)17(21)15-3-1-2-9-19(15)16/h12-15H,1-11H2. The molecule has 2 saturated carbocycles. The van der Waals surface area contributed by atoms with Crippen molar-refractivity contribution in [1.29, 1.82) is 0 Å². The van der Waals surface area contributed by atoms with E-state index in [0.29, 0.717) is 13.0 Å². The highest BCUT2D eigenvalue weighted by atomic mass is 16.2. The van der Waals surface area contributed by atoms with Gasteiger partial charge in [-0.1, -0.05) is 0 Å². The maximum atomic E-state index is 12.9. The maximum Gasteiger partial charge on any atom is 0.245 e. The van der Waals surface area contributed by atoms with Crippen LogP contribution in [0.3, 0.4) is 0 Å². The Bertz CT molecular complexity index is 430. The van der Waals surface area contributed by atoms with Crippen molar-refractivity contribution in [2.75, 3.05) is 19.6 Å². The summed E-state index contributed by atoms with van der Waals surface area (Å²) in [6, 6.07) is -0.146. The van der Waals surface area contributed by atoms with E-state index >= 15 is 0 Å². The highest BCUT2D eigenvalue weighted by Crippen LogP contribution is 2.49. The van der Waals surface area contributed by atoms with Crippen LogP contribution in [-0.4, -0.2) is 47.3 Å². The Hall–Kier alpha value is -1.06. The number of amides is 2. The molecule has 4 aliphatic rings. The Morgan fingerprint density at radius 2 is 1.67 bits per heavy atom. The smallest absolute Gasteiger partial charge is 0.245 e. The molecule has 0 aromatic rings. The summed E-state index contributed by atoms with van der Waals surface area (Å²) >= 11 is 0. The fraction of sp³-hybridized carbons (Fsp3) is 0.882. The first-order chi connectivity index (χ1) is 10.2. The topological polar surface area (TPSA) is 40.6 Å². The maximum absolute atomic E-state index is 12.9. The summed E-state index contributed by atoms with van der Waals surface area (Å²) in [5.74, 6) is 2.90. The van der Waals surface area contributed by atoms with E-state index in [-0.39, 0.29) is 17.9 Å². The predicted molar refractivity (Wildman–Crippen MR) is 79.5 cm³/mol. The minimum Gasteiger partial charge on any atom is -0.340 e. The zero-order valence-electron chi connectivity index (χ0n) is 12.8. The fourth-order valence-corrected chi connectivity index (χ4v) is 4.35. The van der Waals surface area contributed by atoms with Crippen molar-refractivity contribution in [3.05, 3.63) is 0 Å². The van der Waals surface area contributed by atoms with E-state index in [2.05, 4.69) is 4.90 Å². The second-order valence-electron chi connectivity index (χ2n) is 7.47. The van der Waals surface area contributed by atoms with Crippen LogP contribution < -0.4 is 0 Å². The Labute approximate surface area is 126 Å². The summed E-state index contributed by atoms with van der Waals surface area (Å²) in [7, 11) is 0. The molecule has 2 saturated heterocycles. The normalized spacial score (nSPS) is 30.6. The van der Waals surface area contributed by atoms with Crippen LogP contribution in [-0.2, 0) is 9.59 Å². The monoisotopic (exact) mass is 290 g/mol. The van der Waals surface area contributed by atoms with Crippen molar-refractivity contribution in [1.82, 2.24) is 9.80 Å². The third kappa shape index (κ3) is 2.69. The number of piperidine rings is 1. The van der Waals surface area contributed by atoms with Gasteiger partial charge in [0.25, 0.3) is 0 Å². The average Bonchev–Trinajstić information content (AvgIpc) is 3.38. The van der Waals surface area contributed by atoms with Gasteiger partial charge in [-0.05, 0) is 62.7 Å². The minimum absolute atomic E-state index is 0.146. The quantitative estimate of drug-likeness (QED) is 0.795. The largest absolute Gasteiger partial charge is 0.340 e. The van der Waals surface area contributed by atoms with Gasteiger partial charge >= 0.3 is 0 Å². The lowest BCUT2D eigenvalue weighted by Gasteiger charge is -2.35. The van der Waals surface area contributed by atoms with E-state index in [4.69, 9.17) is 0 Å². The number of carbonyl (C=O) groups excluding carboxylic acids is 2. The third-order valence-corrected chi connectivity index (χ3v) is 5.90. The minimum atomic E-state index is -0.146. The number of rotatable bonds is 4. The Morgan fingerprint density at radius 3 is 2.33 bits per heavy atom. The third-order valence-electron chi connectivity index (χ3n) is 5.90. The first kappa shape index (κ1) is 13.6. The van der Waals surface area contributed by atoms with Crippen molar-refractivity contribution >= 4 is 11.8 Å². The SMILES string of the molecule is O=C1C2CCCCN2C(=O)CCN1CC(C1CC1)C1CC1. The second-order valence-corrected chi connectivity index (χ2v) is 7.47. The Balaban J connectivity index is 1.49. The van der Waals surface area contributed by atoms with Gasteiger partial charge in [-0.2, -0.15) is 0 Å². The molecule has 0 N–H and O–H groups in total. The predicted octanol–water partition coefficient (Wildman–Crippen LogP) is 2.04. The molecule has 2 heterocycles. The molecule has 0 aromatic carbocycles. The number of fused-ring (bicyclic) bond motifs is 1. The van der Waals surface area contributed by atoms with E-state index in [0.717, 1.165) is 50.1 Å². The lowest BCUT2D eigenvalue weighted by Crippen LogP contribution is -2.50. The van der Waals surface area contributed by atoms with Gasteiger partial charge in [-0.3, -0.25) is 9.59 Å². The number of hydrogen-bond donors (Lipinski definition) is 0.